The van der Waals surface area contributed by atoms with Crippen molar-refractivity contribution >= 4 is 23.0 Å². The SMILES string of the molecule is O=[N+]([O-])c1ccc(N2CCOC(CO)C2)c(Cl)c1. The van der Waals surface area contributed by atoms with Crippen LogP contribution in [0, 0.1) is 10.1 Å². The molecule has 1 N–H and O–H groups in total. The first-order chi connectivity index (χ1) is 8.61. The molecule has 1 aromatic rings. The van der Waals surface area contributed by atoms with E-state index < -0.39 is 4.92 Å². The third kappa shape index (κ3) is 2.72. The summed E-state index contributed by atoms with van der Waals surface area (Å²) in [6, 6.07) is 4.38. The maximum Gasteiger partial charge on any atom is 0.271 e. The molecule has 1 fully saturated rings. The second-order valence-corrected chi connectivity index (χ2v) is 4.42. The number of nitrogens with zero attached hydrogens (tertiary/aromatic N) is 2. The summed E-state index contributed by atoms with van der Waals surface area (Å²) in [7, 11) is 0. The molecular formula is C11H13ClN2O4. The Hall–Kier alpha value is -1.37. The average molecular weight is 273 g/mol. The van der Waals surface area contributed by atoms with Crippen molar-refractivity contribution in [3.8, 4) is 0 Å². The number of hydrogen-bond acceptors (Lipinski definition) is 5. The Morgan fingerprint density at radius 2 is 2.39 bits per heavy atom. The van der Waals surface area contributed by atoms with Gasteiger partial charge in [-0.15, -0.1) is 0 Å². The van der Waals surface area contributed by atoms with Gasteiger partial charge in [0.1, 0.15) is 0 Å². The number of non-ortho nitro benzene ring substituents is 1. The molecule has 1 saturated heterocycles. The number of aliphatic hydroxyl groups is 1. The highest BCUT2D eigenvalue weighted by molar-refractivity contribution is 6.33. The minimum Gasteiger partial charge on any atom is -0.394 e. The van der Waals surface area contributed by atoms with Crippen molar-refractivity contribution in [1.29, 1.82) is 0 Å². The lowest BCUT2D eigenvalue weighted by atomic mass is 10.2. The van der Waals surface area contributed by atoms with Crippen LogP contribution in [0.1, 0.15) is 0 Å². The van der Waals surface area contributed by atoms with E-state index in [0.29, 0.717) is 24.7 Å². The Morgan fingerprint density at radius 1 is 1.61 bits per heavy atom. The van der Waals surface area contributed by atoms with Crippen molar-refractivity contribution in [2.75, 3.05) is 31.2 Å². The molecule has 7 heteroatoms. The summed E-state index contributed by atoms with van der Waals surface area (Å²) < 4.78 is 5.34. The van der Waals surface area contributed by atoms with Crippen LogP contribution >= 0.6 is 11.6 Å². The first-order valence-electron chi connectivity index (χ1n) is 5.53. The minimum atomic E-state index is -0.481. The molecule has 1 aliphatic rings. The van der Waals surface area contributed by atoms with Gasteiger partial charge in [0, 0.05) is 25.2 Å². The van der Waals surface area contributed by atoms with Gasteiger partial charge in [-0.05, 0) is 6.07 Å². The zero-order valence-corrected chi connectivity index (χ0v) is 10.3. The summed E-state index contributed by atoms with van der Waals surface area (Å²) >= 11 is 6.05. The van der Waals surface area contributed by atoms with E-state index in [1.807, 2.05) is 4.90 Å². The van der Waals surface area contributed by atoms with Gasteiger partial charge in [-0.25, -0.2) is 0 Å². The summed E-state index contributed by atoms with van der Waals surface area (Å²) in [4.78, 5) is 12.1. The third-order valence-electron chi connectivity index (χ3n) is 2.83. The number of halogens is 1. The zero-order chi connectivity index (χ0) is 13.1. The van der Waals surface area contributed by atoms with Gasteiger partial charge >= 0.3 is 0 Å². The third-order valence-corrected chi connectivity index (χ3v) is 3.13. The molecule has 1 aromatic carbocycles. The van der Waals surface area contributed by atoms with Gasteiger partial charge in [-0.1, -0.05) is 11.6 Å². The number of aliphatic hydroxyl groups excluding tert-OH is 1. The molecule has 1 atom stereocenters. The molecule has 0 saturated carbocycles. The van der Waals surface area contributed by atoms with Gasteiger partial charge in [0.15, 0.2) is 0 Å². The van der Waals surface area contributed by atoms with Gasteiger partial charge in [0.25, 0.3) is 5.69 Å². The zero-order valence-electron chi connectivity index (χ0n) is 9.58. The van der Waals surface area contributed by atoms with E-state index in [2.05, 4.69) is 0 Å². The molecule has 2 rings (SSSR count). The smallest absolute Gasteiger partial charge is 0.271 e. The molecule has 0 aromatic heterocycles. The van der Waals surface area contributed by atoms with Crippen LogP contribution in [0.5, 0.6) is 0 Å². The van der Waals surface area contributed by atoms with Crippen LogP contribution in [0.2, 0.25) is 5.02 Å². The summed E-state index contributed by atoms with van der Waals surface area (Å²) in [5.41, 5.74) is 0.694. The molecule has 98 valence electrons. The van der Waals surface area contributed by atoms with Crippen LogP contribution in [0.15, 0.2) is 18.2 Å². The predicted molar refractivity (Wildman–Crippen MR) is 67.1 cm³/mol. The quantitative estimate of drug-likeness (QED) is 0.666. The molecule has 1 unspecified atom stereocenters. The fourth-order valence-corrected chi connectivity index (χ4v) is 2.21. The highest BCUT2D eigenvalue weighted by Gasteiger charge is 2.22. The first kappa shape index (κ1) is 13.1. The van der Waals surface area contributed by atoms with Crippen LogP contribution in [-0.2, 0) is 4.74 Å². The fraction of sp³-hybridized carbons (Fsp3) is 0.455. The number of benzene rings is 1. The minimum absolute atomic E-state index is 0.0317. The van der Waals surface area contributed by atoms with E-state index in [4.69, 9.17) is 21.4 Å². The lowest BCUT2D eigenvalue weighted by Gasteiger charge is -2.34. The standard InChI is InChI=1S/C11H13ClN2O4/c12-10-5-8(14(16)17)1-2-11(10)13-3-4-18-9(6-13)7-15/h1-2,5,9,15H,3-4,6-7H2. The normalized spacial score (nSPS) is 19.9. The molecule has 1 heterocycles. The highest BCUT2D eigenvalue weighted by Crippen LogP contribution is 2.30. The average Bonchev–Trinajstić information content (AvgIpc) is 2.38. The van der Waals surface area contributed by atoms with Crippen molar-refractivity contribution in [3.05, 3.63) is 33.3 Å². The van der Waals surface area contributed by atoms with Crippen LogP contribution < -0.4 is 4.90 Å². The lowest BCUT2D eigenvalue weighted by molar-refractivity contribution is -0.384. The summed E-state index contributed by atoms with van der Waals surface area (Å²) in [6.07, 6.45) is -0.245. The number of nitro groups is 1. The van der Waals surface area contributed by atoms with E-state index in [9.17, 15) is 10.1 Å². The molecular weight excluding hydrogens is 260 g/mol. The molecule has 0 spiro atoms. The van der Waals surface area contributed by atoms with E-state index in [0.717, 1.165) is 5.69 Å². The van der Waals surface area contributed by atoms with E-state index >= 15 is 0 Å². The van der Waals surface area contributed by atoms with Crippen LogP contribution in [0.4, 0.5) is 11.4 Å². The van der Waals surface area contributed by atoms with E-state index in [1.165, 1.54) is 12.1 Å². The second-order valence-electron chi connectivity index (χ2n) is 4.01. The van der Waals surface area contributed by atoms with Gasteiger partial charge in [-0.3, -0.25) is 10.1 Å². The maximum absolute atomic E-state index is 10.6. The Kier molecular flexibility index (Phi) is 4.00. The largest absolute Gasteiger partial charge is 0.394 e. The molecule has 0 radical (unpaired) electrons. The number of ether oxygens (including phenoxy) is 1. The number of hydrogen-bond donors (Lipinski definition) is 1. The van der Waals surface area contributed by atoms with Crippen LogP contribution in [0.3, 0.4) is 0 Å². The van der Waals surface area contributed by atoms with Gasteiger partial charge < -0.3 is 14.7 Å². The maximum atomic E-state index is 10.6. The summed E-state index contributed by atoms with van der Waals surface area (Å²) in [6.45, 7) is 1.61. The Bertz CT molecular complexity index is 455. The molecule has 0 bridgehead atoms. The van der Waals surface area contributed by atoms with Crippen LogP contribution in [0.25, 0.3) is 0 Å². The van der Waals surface area contributed by atoms with Crippen molar-refractivity contribution in [3.63, 3.8) is 0 Å². The van der Waals surface area contributed by atoms with Crippen molar-refractivity contribution in [1.82, 2.24) is 0 Å². The Labute approximate surface area is 109 Å². The van der Waals surface area contributed by atoms with Gasteiger partial charge in [0.2, 0.25) is 0 Å². The van der Waals surface area contributed by atoms with Gasteiger partial charge in [-0.2, -0.15) is 0 Å². The summed E-state index contributed by atoms with van der Waals surface area (Å²) in [5, 5.41) is 20.0. The topological polar surface area (TPSA) is 75.8 Å². The number of nitro benzene ring substituents is 1. The van der Waals surface area contributed by atoms with Crippen molar-refractivity contribution < 1.29 is 14.8 Å². The monoisotopic (exact) mass is 272 g/mol. The Morgan fingerprint density at radius 3 is 3.00 bits per heavy atom. The van der Waals surface area contributed by atoms with Crippen molar-refractivity contribution in [2.45, 2.75) is 6.10 Å². The molecule has 6 nitrogen and oxygen atoms in total. The number of anilines is 1. The Balaban J connectivity index is 2.20. The van der Waals surface area contributed by atoms with Crippen molar-refractivity contribution in [2.24, 2.45) is 0 Å². The first-order valence-corrected chi connectivity index (χ1v) is 5.91. The van der Waals surface area contributed by atoms with E-state index in [-0.39, 0.29) is 18.4 Å². The second kappa shape index (κ2) is 5.51. The number of morpholine rings is 1. The fourth-order valence-electron chi connectivity index (χ4n) is 1.91. The molecule has 0 amide bonds. The van der Waals surface area contributed by atoms with E-state index in [1.54, 1.807) is 6.07 Å². The van der Waals surface area contributed by atoms with Gasteiger partial charge in [0.05, 0.1) is 35.0 Å². The highest BCUT2D eigenvalue weighted by atomic mass is 35.5. The van der Waals surface area contributed by atoms with Crippen LogP contribution in [-0.4, -0.2) is 42.4 Å². The molecule has 0 aliphatic carbocycles. The number of rotatable bonds is 3. The molecule has 18 heavy (non-hydrogen) atoms. The molecule has 1 aliphatic heterocycles. The summed E-state index contributed by atoms with van der Waals surface area (Å²) in [5.74, 6) is 0. The predicted octanol–water partition coefficient (Wildman–Crippen LogP) is 1.45. The lowest BCUT2D eigenvalue weighted by Crippen LogP contribution is -2.44.